The van der Waals surface area contributed by atoms with Crippen LogP contribution in [0, 0.1) is 0 Å². The molecule has 2 N–H and O–H groups in total. The number of hydrogen-bond acceptors (Lipinski definition) is 4. The van der Waals surface area contributed by atoms with Crippen molar-refractivity contribution in [3.8, 4) is 0 Å². The standard InChI is InChI=1S/C6H13O5P.C2H4O/c1-3-5(12(8,9)10)6(7)11-4-2;1-2-3-1/h5H,3-4H2,1-2H3,(H2,8,9,10);1-2H2. The average Bonchev–Trinajstić information content (AvgIpc) is 2.88. The highest BCUT2D eigenvalue weighted by Gasteiger charge is 2.34. The lowest BCUT2D eigenvalue weighted by atomic mass is 10.3. The second-order valence-electron chi connectivity index (χ2n) is 2.88. The first kappa shape index (κ1) is 14.6. The molecule has 0 radical (unpaired) electrons. The Balaban J connectivity index is 0.000000548. The number of ether oxygens (including phenoxy) is 2. The van der Waals surface area contributed by atoms with E-state index >= 15 is 0 Å². The molecule has 0 amide bonds. The van der Waals surface area contributed by atoms with Crippen molar-refractivity contribution < 1.29 is 28.6 Å². The summed E-state index contributed by atoms with van der Waals surface area (Å²) in [5, 5.41) is 0. The summed E-state index contributed by atoms with van der Waals surface area (Å²) < 4.78 is 19.7. The number of epoxide rings is 1. The number of hydrogen-bond donors (Lipinski definition) is 2. The van der Waals surface area contributed by atoms with Crippen LogP contribution in [0.15, 0.2) is 0 Å². The summed E-state index contributed by atoms with van der Waals surface area (Å²) >= 11 is 0. The molecule has 0 aliphatic carbocycles. The molecule has 1 atom stereocenters. The molecule has 0 aromatic rings. The van der Waals surface area contributed by atoms with Gasteiger partial charge in [-0.1, -0.05) is 6.92 Å². The third kappa shape index (κ3) is 7.50. The van der Waals surface area contributed by atoms with Gasteiger partial charge in [0, 0.05) is 0 Å². The van der Waals surface area contributed by atoms with Crippen molar-refractivity contribution in [3.05, 3.63) is 0 Å². The Bertz CT molecular complexity index is 231. The number of rotatable bonds is 4. The van der Waals surface area contributed by atoms with Gasteiger partial charge in [0.25, 0.3) is 0 Å². The fourth-order valence-corrected chi connectivity index (χ4v) is 1.61. The summed E-state index contributed by atoms with van der Waals surface area (Å²) in [6, 6.07) is 0. The Morgan fingerprint density at radius 3 is 2.13 bits per heavy atom. The van der Waals surface area contributed by atoms with Gasteiger partial charge in [0.2, 0.25) is 0 Å². The zero-order valence-electron chi connectivity index (χ0n) is 8.88. The molecule has 90 valence electrons. The molecule has 15 heavy (non-hydrogen) atoms. The van der Waals surface area contributed by atoms with Crippen molar-refractivity contribution >= 4 is 13.6 Å². The van der Waals surface area contributed by atoms with Gasteiger partial charge in [-0.3, -0.25) is 9.36 Å². The molecule has 0 bridgehead atoms. The Morgan fingerprint density at radius 1 is 1.47 bits per heavy atom. The van der Waals surface area contributed by atoms with Crippen LogP contribution in [0.4, 0.5) is 0 Å². The first-order valence-corrected chi connectivity index (χ1v) is 6.41. The van der Waals surface area contributed by atoms with Gasteiger partial charge in [0.15, 0.2) is 5.66 Å². The van der Waals surface area contributed by atoms with Crippen LogP contribution in [0.25, 0.3) is 0 Å². The quantitative estimate of drug-likeness (QED) is 0.422. The van der Waals surface area contributed by atoms with E-state index in [9.17, 15) is 9.36 Å². The van der Waals surface area contributed by atoms with Crippen LogP contribution in [-0.2, 0) is 18.8 Å². The van der Waals surface area contributed by atoms with Gasteiger partial charge in [0.1, 0.15) is 0 Å². The van der Waals surface area contributed by atoms with Crippen molar-refractivity contribution in [1.29, 1.82) is 0 Å². The molecule has 1 heterocycles. The molecular weight excluding hydrogens is 223 g/mol. The zero-order chi connectivity index (χ0) is 11.9. The molecular formula is C8H17O6P. The fourth-order valence-electron chi connectivity index (χ4n) is 0.780. The Hall–Kier alpha value is -0.420. The number of esters is 1. The summed E-state index contributed by atoms with van der Waals surface area (Å²) in [5.41, 5.74) is -1.31. The number of carbonyl (C=O) groups excluding carboxylic acids is 1. The van der Waals surface area contributed by atoms with Crippen LogP contribution in [0.1, 0.15) is 20.3 Å². The summed E-state index contributed by atoms with van der Waals surface area (Å²) in [4.78, 5) is 28.3. The zero-order valence-corrected chi connectivity index (χ0v) is 9.77. The Labute approximate surface area is 88.7 Å². The first-order chi connectivity index (χ1) is 6.93. The van der Waals surface area contributed by atoms with E-state index in [4.69, 9.17) is 9.79 Å². The highest BCUT2D eigenvalue weighted by Crippen LogP contribution is 2.43. The lowest BCUT2D eigenvalue weighted by molar-refractivity contribution is -0.143. The topological polar surface area (TPSA) is 96.4 Å². The van der Waals surface area contributed by atoms with Gasteiger partial charge in [-0.2, -0.15) is 0 Å². The van der Waals surface area contributed by atoms with Crippen LogP contribution < -0.4 is 0 Å². The van der Waals surface area contributed by atoms with E-state index in [1.807, 2.05) is 0 Å². The predicted octanol–water partition coefficient (Wildman–Crippen LogP) is 0.522. The van der Waals surface area contributed by atoms with Gasteiger partial charge < -0.3 is 19.3 Å². The summed E-state index contributed by atoms with van der Waals surface area (Å²) in [5.74, 6) is -0.826. The lowest BCUT2D eigenvalue weighted by Crippen LogP contribution is -2.22. The molecule has 6 nitrogen and oxygen atoms in total. The van der Waals surface area contributed by atoms with Crippen molar-refractivity contribution in [1.82, 2.24) is 0 Å². The average molecular weight is 240 g/mol. The monoisotopic (exact) mass is 240 g/mol. The third-order valence-electron chi connectivity index (χ3n) is 1.56. The van der Waals surface area contributed by atoms with Gasteiger partial charge in [-0.25, -0.2) is 0 Å². The molecule has 0 saturated carbocycles. The van der Waals surface area contributed by atoms with E-state index in [1.54, 1.807) is 6.92 Å². The summed E-state index contributed by atoms with van der Waals surface area (Å²) in [6.07, 6.45) is 0.0864. The van der Waals surface area contributed by atoms with Crippen LogP contribution in [0.3, 0.4) is 0 Å². The lowest BCUT2D eigenvalue weighted by Gasteiger charge is -2.14. The fraction of sp³-hybridized carbons (Fsp3) is 0.875. The van der Waals surface area contributed by atoms with Crippen LogP contribution in [-0.4, -0.2) is 41.2 Å². The third-order valence-corrected chi connectivity index (χ3v) is 2.94. The smallest absolute Gasteiger partial charge is 0.339 e. The minimum absolute atomic E-state index is 0.0864. The Morgan fingerprint density at radius 2 is 1.93 bits per heavy atom. The molecule has 1 aliphatic rings. The largest absolute Gasteiger partial charge is 0.465 e. The van der Waals surface area contributed by atoms with Crippen LogP contribution in [0.5, 0.6) is 0 Å². The van der Waals surface area contributed by atoms with Crippen molar-refractivity contribution in [2.24, 2.45) is 0 Å². The maximum atomic E-state index is 10.9. The van der Waals surface area contributed by atoms with E-state index in [0.29, 0.717) is 0 Å². The Kier molecular flexibility index (Phi) is 6.76. The summed E-state index contributed by atoms with van der Waals surface area (Å²) in [6.45, 7) is 5.25. The molecule has 1 unspecified atom stereocenters. The summed E-state index contributed by atoms with van der Waals surface area (Å²) in [7, 11) is -4.34. The van der Waals surface area contributed by atoms with Gasteiger partial charge in [-0.05, 0) is 13.3 Å². The van der Waals surface area contributed by atoms with E-state index in [-0.39, 0.29) is 13.0 Å². The maximum Gasteiger partial charge on any atom is 0.339 e. The van der Waals surface area contributed by atoms with Gasteiger partial charge in [-0.15, -0.1) is 0 Å². The molecule has 7 heteroatoms. The second-order valence-corrected chi connectivity index (χ2v) is 4.68. The molecule has 0 aromatic heterocycles. The van der Waals surface area contributed by atoms with E-state index < -0.39 is 19.2 Å². The normalized spacial score (nSPS) is 16.0. The van der Waals surface area contributed by atoms with Crippen molar-refractivity contribution in [2.45, 2.75) is 25.9 Å². The molecule has 1 saturated heterocycles. The molecule has 1 aliphatic heterocycles. The highest BCUT2D eigenvalue weighted by molar-refractivity contribution is 7.53. The van der Waals surface area contributed by atoms with Crippen molar-refractivity contribution in [3.63, 3.8) is 0 Å². The second kappa shape index (κ2) is 6.95. The SMILES string of the molecule is C1CO1.CCOC(=O)C(CC)P(=O)(O)O. The van der Waals surface area contributed by atoms with Gasteiger partial charge >= 0.3 is 13.6 Å². The first-order valence-electron chi connectivity index (χ1n) is 4.73. The molecule has 1 rings (SSSR count). The van der Waals surface area contributed by atoms with E-state index in [0.717, 1.165) is 13.2 Å². The van der Waals surface area contributed by atoms with Crippen LogP contribution in [0.2, 0.25) is 0 Å². The van der Waals surface area contributed by atoms with Crippen molar-refractivity contribution in [2.75, 3.05) is 19.8 Å². The minimum atomic E-state index is -4.34. The molecule has 1 fully saturated rings. The molecule has 0 aromatic carbocycles. The maximum absolute atomic E-state index is 10.9. The molecule has 0 spiro atoms. The highest BCUT2D eigenvalue weighted by atomic mass is 31.2. The predicted molar refractivity (Wildman–Crippen MR) is 53.6 cm³/mol. The van der Waals surface area contributed by atoms with Crippen LogP contribution >= 0.6 is 7.60 Å². The minimum Gasteiger partial charge on any atom is -0.465 e. The van der Waals surface area contributed by atoms with Gasteiger partial charge in [0.05, 0.1) is 19.8 Å². The number of carbonyl (C=O) groups is 1. The van der Waals surface area contributed by atoms with E-state index in [2.05, 4.69) is 9.47 Å². The van der Waals surface area contributed by atoms with E-state index in [1.165, 1.54) is 6.92 Å².